The van der Waals surface area contributed by atoms with Gasteiger partial charge in [-0.3, -0.25) is 4.21 Å². The van der Waals surface area contributed by atoms with Gasteiger partial charge in [-0.2, -0.15) is 4.98 Å². The number of rotatable bonds is 4. The van der Waals surface area contributed by atoms with Crippen molar-refractivity contribution < 1.29 is 8.60 Å². The van der Waals surface area contributed by atoms with E-state index in [1.807, 2.05) is 12.1 Å². The van der Waals surface area contributed by atoms with Crippen molar-refractivity contribution in [1.29, 1.82) is 0 Å². The molecule has 1 saturated heterocycles. The van der Waals surface area contributed by atoms with Gasteiger partial charge in [-0.1, -0.05) is 29.3 Å². The van der Waals surface area contributed by atoms with E-state index in [0.717, 1.165) is 24.5 Å². The highest BCUT2D eigenvalue weighted by molar-refractivity contribution is 7.85. The zero-order chi connectivity index (χ0) is 22.2. The zero-order valence-electron chi connectivity index (χ0n) is 17.0. The highest BCUT2D eigenvalue weighted by atomic mass is 35.5. The Morgan fingerprint density at radius 1 is 0.969 bits per heavy atom. The largest absolute Gasteiger partial charge is 0.368 e. The summed E-state index contributed by atoms with van der Waals surface area (Å²) in [6.07, 6.45) is 0.635. The number of anilines is 4. The molecule has 1 atom stereocenters. The maximum absolute atomic E-state index is 13.7. The van der Waals surface area contributed by atoms with E-state index in [4.69, 9.17) is 33.2 Å². The first-order chi connectivity index (χ1) is 15.5. The van der Waals surface area contributed by atoms with Gasteiger partial charge in [-0.25, -0.2) is 9.37 Å². The molecule has 166 valence electrons. The number of hydrogen-bond donors (Lipinski definition) is 1. The maximum atomic E-state index is 13.7. The lowest BCUT2D eigenvalue weighted by atomic mass is 10.2. The first-order valence-corrected chi connectivity index (χ1v) is 12.3. The van der Waals surface area contributed by atoms with Crippen molar-refractivity contribution in [2.45, 2.75) is 11.3 Å². The van der Waals surface area contributed by atoms with Crippen molar-refractivity contribution in [2.75, 3.05) is 47.0 Å². The van der Waals surface area contributed by atoms with Crippen LogP contribution in [0, 0.1) is 5.82 Å². The molecule has 2 aliphatic heterocycles. The predicted molar refractivity (Wildman–Crippen MR) is 128 cm³/mol. The molecule has 1 unspecified atom stereocenters. The van der Waals surface area contributed by atoms with Crippen LogP contribution in [0.4, 0.5) is 27.5 Å². The Kier molecular flexibility index (Phi) is 5.92. The second-order valence-electron chi connectivity index (χ2n) is 7.68. The Balaban J connectivity index is 1.39. The van der Waals surface area contributed by atoms with Crippen LogP contribution in [0.25, 0.3) is 0 Å². The molecule has 5 rings (SSSR count). The minimum atomic E-state index is -1.17. The Bertz CT molecular complexity index is 1180. The molecule has 3 aromatic rings. The molecule has 0 amide bonds. The molecular formula is C22H20Cl2FN5OS. The molecule has 32 heavy (non-hydrogen) atoms. The first kappa shape index (κ1) is 21.4. The second-order valence-corrected chi connectivity index (χ2v) is 10.1. The lowest BCUT2D eigenvalue weighted by molar-refractivity contribution is 0.628. The van der Waals surface area contributed by atoms with Gasteiger partial charge in [0.1, 0.15) is 10.7 Å². The number of nitrogens with one attached hydrogen (secondary N) is 1. The number of aryl methyl sites for hydroxylation is 1. The lowest BCUT2D eigenvalue weighted by Crippen LogP contribution is -2.47. The van der Waals surface area contributed by atoms with Crippen LogP contribution >= 0.6 is 23.2 Å². The van der Waals surface area contributed by atoms with Crippen molar-refractivity contribution in [2.24, 2.45) is 0 Å². The first-order valence-electron chi connectivity index (χ1n) is 10.2. The van der Waals surface area contributed by atoms with E-state index in [1.165, 1.54) is 12.1 Å². The van der Waals surface area contributed by atoms with Crippen LogP contribution in [0.5, 0.6) is 0 Å². The van der Waals surface area contributed by atoms with Crippen LogP contribution in [0.3, 0.4) is 0 Å². The monoisotopic (exact) mass is 491 g/mol. The molecule has 1 aromatic heterocycles. The fourth-order valence-corrected chi connectivity index (χ4v) is 5.82. The molecule has 0 spiro atoms. The average molecular weight is 492 g/mol. The van der Waals surface area contributed by atoms with Gasteiger partial charge in [-0.15, -0.1) is 0 Å². The van der Waals surface area contributed by atoms with Crippen molar-refractivity contribution in [1.82, 2.24) is 9.97 Å². The number of fused-ring (bicyclic) bond motifs is 1. The highest BCUT2D eigenvalue weighted by Gasteiger charge is 2.28. The second kappa shape index (κ2) is 8.84. The molecule has 0 bridgehead atoms. The molecule has 6 nitrogen and oxygen atoms in total. The third-order valence-corrected chi connectivity index (χ3v) is 7.43. The van der Waals surface area contributed by atoms with E-state index in [2.05, 4.69) is 15.1 Å². The third kappa shape index (κ3) is 4.40. The molecule has 10 heteroatoms. The number of piperazine rings is 1. The van der Waals surface area contributed by atoms with Gasteiger partial charge in [-0.05, 0) is 36.4 Å². The molecule has 3 heterocycles. The smallest absolute Gasteiger partial charge is 0.227 e. The van der Waals surface area contributed by atoms with Crippen molar-refractivity contribution in [3.63, 3.8) is 0 Å². The summed E-state index contributed by atoms with van der Waals surface area (Å²) in [4.78, 5) is 14.4. The van der Waals surface area contributed by atoms with E-state index in [-0.39, 0.29) is 5.82 Å². The quantitative estimate of drug-likeness (QED) is 0.572. The van der Waals surface area contributed by atoms with Crippen LogP contribution in [-0.2, 0) is 17.2 Å². The summed E-state index contributed by atoms with van der Waals surface area (Å²) in [6, 6.07) is 11.7. The van der Waals surface area contributed by atoms with Gasteiger partial charge in [0.15, 0.2) is 5.82 Å². The highest BCUT2D eigenvalue weighted by Crippen LogP contribution is 2.32. The topological polar surface area (TPSA) is 61.4 Å². The Morgan fingerprint density at radius 3 is 2.41 bits per heavy atom. The van der Waals surface area contributed by atoms with E-state index in [9.17, 15) is 8.60 Å². The standard InChI is InChI=1S/C22H20Cl2FN5OS/c23-14-10-15(24)12-18(11-14)29-5-7-30(8-6-29)22-27-19-4-9-32(31)20(19)21(28-22)26-17-3-1-2-16(25)13-17/h1-3,10-13H,4-9H2,(H,26,27,28). The molecule has 2 aromatic carbocycles. The summed E-state index contributed by atoms with van der Waals surface area (Å²) in [7, 11) is -1.17. The zero-order valence-corrected chi connectivity index (χ0v) is 19.4. The van der Waals surface area contributed by atoms with Gasteiger partial charge >= 0.3 is 0 Å². The van der Waals surface area contributed by atoms with Gasteiger partial charge in [0.25, 0.3) is 0 Å². The minimum Gasteiger partial charge on any atom is -0.368 e. The molecule has 1 fully saturated rings. The molecule has 2 aliphatic rings. The van der Waals surface area contributed by atoms with Crippen LogP contribution in [0.1, 0.15) is 5.69 Å². The summed E-state index contributed by atoms with van der Waals surface area (Å²) >= 11 is 12.3. The van der Waals surface area contributed by atoms with E-state index >= 15 is 0 Å². The van der Waals surface area contributed by atoms with Crippen molar-refractivity contribution >= 4 is 57.1 Å². The van der Waals surface area contributed by atoms with Crippen molar-refractivity contribution in [3.8, 4) is 0 Å². The third-order valence-electron chi connectivity index (χ3n) is 5.54. The van der Waals surface area contributed by atoms with Crippen LogP contribution in [-0.4, -0.2) is 46.1 Å². The normalized spacial score (nSPS) is 18.0. The Hall–Kier alpha value is -2.42. The maximum Gasteiger partial charge on any atom is 0.227 e. The number of halogens is 3. The fraction of sp³-hybridized carbons (Fsp3) is 0.273. The number of hydrogen-bond acceptors (Lipinski definition) is 6. The summed E-state index contributed by atoms with van der Waals surface area (Å²) in [5.41, 5.74) is 2.33. The Labute approximate surface area is 197 Å². The summed E-state index contributed by atoms with van der Waals surface area (Å²) in [5, 5.41) is 4.37. The molecule has 0 aliphatic carbocycles. The minimum absolute atomic E-state index is 0.348. The van der Waals surface area contributed by atoms with E-state index < -0.39 is 10.8 Å². The summed E-state index contributed by atoms with van der Waals surface area (Å²) < 4.78 is 26.2. The van der Waals surface area contributed by atoms with E-state index in [0.29, 0.717) is 57.7 Å². The average Bonchev–Trinajstić information content (AvgIpc) is 3.14. The van der Waals surface area contributed by atoms with Crippen LogP contribution in [0.2, 0.25) is 10.0 Å². The van der Waals surface area contributed by atoms with Gasteiger partial charge in [0, 0.05) is 59.8 Å². The Morgan fingerprint density at radius 2 is 1.69 bits per heavy atom. The van der Waals surface area contributed by atoms with Gasteiger partial charge in [0.05, 0.1) is 16.5 Å². The van der Waals surface area contributed by atoms with Crippen molar-refractivity contribution in [3.05, 3.63) is 64.0 Å². The molecule has 0 saturated carbocycles. The summed E-state index contributed by atoms with van der Waals surface area (Å²) in [5.74, 6) is 1.24. The number of nitrogens with zero attached hydrogens (tertiary/aromatic N) is 4. The summed E-state index contributed by atoms with van der Waals surface area (Å²) in [6.45, 7) is 2.95. The van der Waals surface area contributed by atoms with Crippen LogP contribution in [0.15, 0.2) is 47.4 Å². The van der Waals surface area contributed by atoms with Crippen LogP contribution < -0.4 is 15.1 Å². The predicted octanol–water partition coefficient (Wildman–Crippen LogP) is 4.66. The fourth-order valence-electron chi connectivity index (χ4n) is 4.00. The van der Waals surface area contributed by atoms with Gasteiger partial charge in [0.2, 0.25) is 5.95 Å². The SMILES string of the molecule is O=S1CCc2nc(N3CCN(c4cc(Cl)cc(Cl)c4)CC3)nc(Nc3cccc(F)c3)c21. The molecule has 0 radical (unpaired) electrons. The van der Waals surface area contributed by atoms with Gasteiger partial charge < -0.3 is 15.1 Å². The number of benzene rings is 2. The lowest BCUT2D eigenvalue weighted by Gasteiger charge is -2.36. The molecule has 1 N–H and O–H groups in total. The molecular weight excluding hydrogens is 472 g/mol. The number of aromatic nitrogens is 2. The van der Waals surface area contributed by atoms with E-state index in [1.54, 1.807) is 18.2 Å².